The van der Waals surface area contributed by atoms with E-state index >= 15 is 0 Å². The molecule has 0 saturated heterocycles. The molecule has 0 aromatic carbocycles. The molecule has 1 aromatic heterocycles. The summed E-state index contributed by atoms with van der Waals surface area (Å²) in [6.45, 7) is 2.06. The van der Waals surface area contributed by atoms with E-state index in [2.05, 4.69) is 4.98 Å². The van der Waals surface area contributed by atoms with Gasteiger partial charge < -0.3 is 4.74 Å². The highest BCUT2D eigenvalue weighted by Gasteiger charge is 2.13. The Bertz CT molecular complexity index is 342. The summed E-state index contributed by atoms with van der Waals surface area (Å²) in [7, 11) is 0. The van der Waals surface area contributed by atoms with Gasteiger partial charge in [-0.1, -0.05) is 11.6 Å². The fraction of sp³-hybridized carbons (Fsp3) is 0.333. The molecule has 0 aliphatic rings. The molecule has 1 heterocycles. The van der Waals surface area contributed by atoms with Gasteiger partial charge in [0.2, 0.25) is 0 Å². The maximum Gasteiger partial charge on any atom is 0.340 e. The van der Waals surface area contributed by atoms with Gasteiger partial charge in [0.05, 0.1) is 23.7 Å². The quantitative estimate of drug-likeness (QED) is 0.458. The largest absolute Gasteiger partial charge is 0.462 e. The van der Waals surface area contributed by atoms with Crippen molar-refractivity contribution < 1.29 is 9.53 Å². The molecular weight excluding hydrogens is 225 g/mol. The molecule has 0 unspecified atom stereocenters. The van der Waals surface area contributed by atoms with Crippen LogP contribution in [0.5, 0.6) is 0 Å². The molecule has 3 nitrogen and oxygen atoms in total. The van der Waals surface area contributed by atoms with E-state index in [1.807, 2.05) is 0 Å². The van der Waals surface area contributed by atoms with E-state index in [-0.39, 0.29) is 5.88 Å². The number of ether oxygens (including phenoxy) is 1. The number of esters is 1. The maximum absolute atomic E-state index is 11.4. The molecule has 0 bridgehead atoms. The first-order valence-corrected chi connectivity index (χ1v) is 4.98. The van der Waals surface area contributed by atoms with Crippen molar-refractivity contribution in [3.63, 3.8) is 0 Å². The Morgan fingerprint density at radius 3 is 2.86 bits per heavy atom. The highest BCUT2D eigenvalue weighted by atomic mass is 35.5. The van der Waals surface area contributed by atoms with Crippen LogP contribution < -0.4 is 0 Å². The standard InChI is InChI=1S/C9H9Cl2NO2/c1-2-14-9(13)6-3-4-8(11)12-7(6)5-10/h3-4H,2,5H2,1H3. The Morgan fingerprint density at radius 1 is 1.57 bits per heavy atom. The van der Waals surface area contributed by atoms with Crippen molar-refractivity contribution in [1.29, 1.82) is 0 Å². The smallest absolute Gasteiger partial charge is 0.340 e. The van der Waals surface area contributed by atoms with Gasteiger partial charge in [0.1, 0.15) is 5.15 Å². The minimum Gasteiger partial charge on any atom is -0.462 e. The van der Waals surface area contributed by atoms with E-state index in [1.165, 1.54) is 6.07 Å². The Labute approximate surface area is 92.0 Å². The molecule has 0 fully saturated rings. The van der Waals surface area contributed by atoms with Crippen LogP contribution in [0, 0.1) is 0 Å². The van der Waals surface area contributed by atoms with Gasteiger partial charge in [-0.15, -0.1) is 11.6 Å². The van der Waals surface area contributed by atoms with Gasteiger partial charge in [0.25, 0.3) is 0 Å². The van der Waals surface area contributed by atoms with Crippen LogP contribution in [0.2, 0.25) is 5.15 Å². The molecular formula is C9H9Cl2NO2. The Balaban J connectivity index is 3.01. The first-order chi connectivity index (χ1) is 6.69. The van der Waals surface area contributed by atoms with Gasteiger partial charge in [-0.2, -0.15) is 0 Å². The number of hydrogen-bond donors (Lipinski definition) is 0. The van der Waals surface area contributed by atoms with Crippen molar-refractivity contribution in [3.05, 3.63) is 28.5 Å². The molecule has 1 aromatic rings. The molecule has 0 aliphatic heterocycles. The topological polar surface area (TPSA) is 39.2 Å². The minimum atomic E-state index is -0.424. The zero-order valence-corrected chi connectivity index (χ0v) is 9.10. The fourth-order valence-corrected chi connectivity index (χ4v) is 1.34. The third-order valence-corrected chi connectivity index (χ3v) is 2.03. The number of alkyl halides is 1. The summed E-state index contributed by atoms with van der Waals surface area (Å²) in [4.78, 5) is 15.3. The summed E-state index contributed by atoms with van der Waals surface area (Å²) < 4.78 is 4.83. The molecule has 76 valence electrons. The van der Waals surface area contributed by atoms with Gasteiger partial charge in [-0.05, 0) is 19.1 Å². The maximum atomic E-state index is 11.4. The highest BCUT2D eigenvalue weighted by molar-refractivity contribution is 6.29. The zero-order valence-electron chi connectivity index (χ0n) is 7.59. The van der Waals surface area contributed by atoms with Crippen LogP contribution in [0.1, 0.15) is 23.0 Å². The molecule has 0 saturated carbocycles. The van der Waals surface area contributed by atoms with Crippen LogP contribution in [-0.4, -0.2) is 17.6 Å². The molecule has 0 N–H and O–H groups in total. The second-order valence-electron chi connectivity index (χ2n) is 2.48. The number of halogens is 2. The summed E-state index contributed by atoms with van der Waals surface area (Å²) in [6.07, 6.45) is 0. The predicted octanol–water partition coefficient (Wildman–Crippen LogP) is 2.65. The van der Waals surface area contributed by atoms with Crippen molar-refractivity contribution in [2.75, 3.05) is 6.61 Å². The second-order valence-corrected chi connectivity index (χ2v) is 3.14. The Kier molecular flexibility index (Phi) is 4.17. The Hall–Kier alpha value is -0.800. The average Bonchev–Trinajstić information content (AvgIpc) is 2.17. The van der Waals surface area contributed by atoms with E-state index in [4.69, 9.17) is 27.9 Å². The number of hydrogen-bond acceptors (Lipinski definition) is 3. The molecule has 0 amide bonds. The third-order valence-electron chi connectivity index (χ3n) is 1.56. The number of aromatic nitrogens is 1. The van der Waals surface area contributed by atoms with Crippen LogP contribution in [0.25, 0.3) is 0 Å². The summed E-state index contributed by atoms with van der Waals surface area (Å²) in [5.41, 5.74) is 0.809. The van der Waals surface area contributed by atoms with Gasteiger partial charge in [-0.25, -0.2) is 9.78 Å². The molecule has 0 spiro atoms. The Morgan fingerprint density at radius 2 is 2.29 bits per heavy atom. The van der Waals surface area contributed by atoms with Crippen molar-refractivity contribution in [2.24, 2.45) is 0 Å². The lowest BCUT2D eigenvalue weighted by atomic mass is 10.2. The van der Waals surface area contributed by atoms with Crippen LogP contribution in [0.15, 0.2) is 12.1 Å². The zero-order chi connectivity index (χ0) is 10.6. The first kappa shape index (κ1) is 11.3. The van der Waals surface area contributed by atoms with Crippen LogP contribution >= 0.6 is 23.2 Å². The highest BCUT2D eigenvalue weighted by Crippen LogP contribution is 2.14. The first-order valence-electron chi connectivity index (χ1n) is 4.07. The van der Waals surface area contributed by atoms with Crippen molar-refractivity contribution in [2.45, 2.75) is 12.8 Å². The lowest BCUT2D eigenvalue weighted by Gasteiger charge is -2.05. The predicted molar refractivity (Wildman–Crippen MR) is 54.8 cm³/mol. The normalized spacial score (nSPS) is 9.93. The molecule has 1 rings (SSSR count). The molecule has 14 heavy (non-hydrogen) atoms. The van der Waals surface area contributed by atoms with E-state index < -0.39 is 5.97 Å². The lowest BCUT2D eigenvalue weighted by molar-refractivity contribution is 0.0525. The number of carbonyl (C=O) groups excluding carboxylic acids is 1. The van der Waals surface area contributed by atoms with E-state index in [0.29, 0.717) is 23.0 Å². The van der Waals surface area contributed by atoms with E-state index in [0.717, 1.165) is 0 Å². The summed E-state index contributed by atoms with van der Waals surface area (Å²) in [6, 6.07) is 3.09. The van der Waals surface area contributed by atoms with E-state index in [9.17, 15) is 4.79 Å². The number of carbonyl (C=O) groups is 1. The van der Waals surface area contributed by atoms with Gasteiger partial charge in [0, 0.05) is 0 Å². The third kappa shape index (κ3) is 2.59. The second kappa shape index (κ2) is 5.17. The van der Waals surface area contributed by atoms with Crippen LogP contribution in [0.3, 0.4) is 0 Å². The van der Waals surface area contributed by atoms with Crippen molar-refractivity contribution in [3.8, 4) is 0 Å². The van der Waals surface area contributed by atoms with Gasteiger partial charge >= 0.3 is 5.97 Å². The number of pyridine rings is 1. The van der Waals surface area contributed by atoms with Crippen molar-refractivity contribution in [1.82, 2.24) is 4.98 Å². The van der Waals surface area contributed by atoms with Gasteiger partial charge in [0.15, 0.2) is 0 Å². The molecule has 5 heteroatoms. The monoisotopic (exact) mass is 233 g/mol. The van der Waals surface area contributed by atoms with Crippen molar-refractivity contribution >= 4 is 29.2 Å². The number of nitrogens with zero attached hydrogens (tertiary/aromatic N) is 1. The summed E-state index contributed by atoms with van der Waals surface area (Å²) >= 11 is 11.3. The number of rotatable bonds is 3. The summed E-state index contributed by atoms with van der Waals surface area (Å²) in [5.74, 6) is -0.290. The molecule has 0 aliphatic carbocycles. The van der Waals surface area contributed by atoms with Gasteiger partial charge in [-0.3, -0.25) is 0 Å². The summed E-state index contributed by atoms with van der Waals surface area (Å²) in [5, 5.41) is 0.314. The lowest BCUT2D eigenvalue weighted by Crippen LogP contribution is -2.08. The minimum absolute atomic E-state index is 0.134. The van der Waals surface area contributed by atoms with Crippen LogP contribution in [-0.2, 0) is 10.6 Å². The fourth-order valence-electron chi connectivity index (χ4n) is 0.971. The van der Waals surface area contributed by atoms with E-state index in [1.54, 1.807) is 13.0 Å². The SMILES string of the molecule is CCOC(=O)c1ccc(Cl)nc1CCl. The molecule has 0 atom stereocenters. The molecule has 0 radical (unpaired) electrons. The average molecular weight is 234 g/mol. The van der Waals surface area contributed by atoms with Crippen LogP contribution in [0.4, 0.5) is 0 Å².